The molecule has 6 nitrogen and oxygen atoms in total. The Labute approximate surface area is 189 Å². The summed E-state index contributed by atoms with van der Waals surface area (Å²) >= 11 is 6.98. The zero-order valence-corrected chi connectivity index (χ0v) is 20.4. The molecule has 25 heavy (non-hydrogen) atoms. The standard InChI is InChI=1S/C16H22I3N5O/c1-9(2)16(21)23-6-5-22-14(25)4-3-13(20)24-12-8-10(17)7-11(18)15(12)19/h7-8,12,15H,1,3-6H2,2H3,(H2,20,24)(H2,21,23)(H,22,25). The maximum absolute atomic E-state index is 11.8. The number of hydrogen-bond donors (Lipinski definition) is 3. The van der Waals surface area contributed by atoms with Crippen molar-refractivity contribution in [2.45, 2.75) is 29.7 Å². The third-order valence-electron chi connectivity index (χ3n) is 3.25. The Morgan fingerprint density at radius 3 is 2.68 bits per heavy atom. The van der Waals surface area contributed by atoms with Gasteiger partial charge >= 0.3 is 0 Å². The predicted octanol–water partition coefficient (Wildman–Crippen LogP) is 3.00. The van der Waals surface area contributed by atoms with Crippen molar-refractivity contribution >= 4 is 85.4 Å². The van der Waals surface area contributed by atoms with Crippen LogP contribution in [0.2, 0.25) is 0 Å². The third kappa shape index (κ3) is 8.84. The lowest BCUT2D eigenvalue weighted by Gasteiger charge is -2.20. The average Bonchev–Trinajstić information content (AvgIpc) is 2.53. The van der Waals surface area contributed by atoms with Gasteiger partial charge in [-0.05, 0) is 69.8 Å². The van der Waals surface area contributed by atoms with Crippen molar-refractivity contribution in [2.24, 2.45) is 21.5 Å². The number of nitrogens with zero attached hydrogens (tertiary/aromatic N) is 2. The van der Waals surface area contributed by atoms with Crippen molar-refractivity contribution in [1.29, 1.82) is 0 Å². The molecule has 2 unspecified atom stereocenters. The maximum atomic E-state index is 11.8. The van der Waals surface area contributed by atoms with E-state index in [9.17, 15) is 4.79 Å². The minimum Gasteiger partial charge on any atom is -0.387 e. The average molecular weight is 681 g/mol. The molecule has 0 aromatic rings. The Hall–Kier alpha value is -0.180. The van der Waals surface area contributed by atoms with Crippen molar-refractivity contribution in [1.82, 2.24) is 5.32 Å². The van der Waals surface area contributed by atoms with Gasteiger partial charge in [-0.1, -0.05) is 29.2 Å². The van der Waals surface area contributed by atoms with Gasteiger partial charge in [-0.15, -0.1) is 0 Å². The van der Waals surface area contributed by atoms with E-state index in [1.807, 2.05) is 0 Å². The quantitative estimate of drug-likeness (QED) is 0.121. The number of halogens is 3. The van der Waals surface area contributed by atoms with Gasteiger partial charge in [0, 0.05) is 26.5 Å². The monoisotopic (exact) mass is 681 g/mol. The van der Waals surface area contributed by atoms with E-state index < -0.39 is 0 Å². The molecule has 2 atom stereocenters. The molecule has 9 heteroatoms. The van der Waals surface area contributed by atoms with Crippen LogP contribution < -0.4 is 16.8 Å². The number of amides is 1. The number of rotatable bonds is 8. The maximum Gasteiger partial charge on any atom is 0.220 e. The summed E-state index contributed by atoms with van der Waals surface area (Å²) in [6, 6.07) is 0.0203. The van der Waals surface area contributed by atoms with Crippen LogP contribution in [0.5, 0.6) is 0 Å². The van der Waals surface area contributed by atoms with Crippen molar-refractivity contribution in [3.63, 3.8) is 0 Å². The van der Waals surface area contributed by atoms with E-state index in [1.54, 1.807) is 6.92 Å². The minimum atomic E-state index is -0.0727. The minimum absolute atomic E-state index is 0.0203. The van der Waals surface area contributed by atoms with E-state index in [4.69, 9.17) is 11.5 Å². The highest BCUT2D eigenvalue weighted by Gasteiger charge is 2.23. The highest BCUT2D eigenvalue weighted by atomic mass is 127. The third-order valence-corrected chi connectivity index (χ3v) is 7.50. The summed E-state index contributed by atoms with van der Waals surface area (Å²) in [6.07, 6.45) is 4.97. The van der Waals surface area contributed by atoms with Crippen molar-refractivity contribution in [3.8, 4) is 0 Å². The smallest absolute Gasteiger partial charge is 0.220 e. The summed E-state index contributed by atoms with van der Waals surface area (Å²) in [4.78, 5) is 20.5. The molecule has 0 saturated carbocycles. The number of nitrogens with two attached hydrogens (primary N) is 2. The lowest BCUT2D eigenvalue weighted by molar-refractivity contribution is -0.120. The fraction of sp³-hybridized carbons (Fsp3) is 0.438. The molecule has 1 aliphatic rings. The van der Waals surface area contributed by atoms with E-state index in [-0.39, 0.29) is 15.9 Å². The molecular weight excluding hydrogens is 659 g/mol. The molecule has 0 aliphatic heterocycles. The molecule has 5 N–H and O–H groups in total. The fourth-order valence-electron chi connectivity index (χ4n) is 1.87. The number of aliphatic imine (C=N–C) groups is 2. The zero-order chi connectivity index (χ0) is 19.0. The highest BCUT2D eigenvalue weighted by Crippen LogP contribution is 2.33. The van der Waals surface area contributed by atoms with Crippen molar-refractivity contribution in [2.75, 3.05) is 13.1 Å². The molecule has 138 valence electrons. The summed E-state index contributed by atoms with van der Waals surface area (Å²) in [7, 11) is 0. The van der Waals surface area contributed by atoms with Gasteiger partial charge < -0.3 is 16.8 Å². The molecule has 0 aromatic carbocycles. The lowest BCUT2D eigenvalue weighted by atomic mass is 10.1. The number of carbonyl (C=O) groups excluding carboxylic acids is 1. The van der Waals surface area contributed by atoms with Crippen LogP contribution in [0.1, 0.15) is 19.8 Å². The van der Waals surface area contributed by atoms with Gasteiger partial charge in [0.05, 0.1) is 22.3 Å². The van der Waals surface area contributed by atoms with Gasteiger partial charge in [0.1, 0.15) is 5.84 Å². The number of nitrogens with one attached hydrogen (secondary N) is 1. The number of hydrogen-bond acceptors (Lipinski definition) is 3. The Morgan fingerprint density at radius 1 is 1.36 bits per heavy atom. The second-order valence-corrected chi connectivity index (χ2v) is 9.32. The topological polar surface area (TPSA) is 106 Å². The number of alkyl halides is 1. The first-order valence-corrected chi connectivity index (χ1v) is 11.0. The molecule has 0 saturated heterocycles. The van der Waals surface area contributed by atoms with Gasteiger partial charge in [0.25, 0.3) is 0 Å². The van der Waals surface area contributed by atoms with Crippen LogP contribution in [-0.2, 0) is 4.79 Å². The molecule has 0 heterocycles. The van der Waals surface area contributed by atoms with Gasteiger partial charge in [-0.2, -0.15) is 0 Å². The number of allylic oxidation sites excluding steroid dienone is 2. The van der Waals surface area contributed by atoms with Crippen LogP contribution in [0.4, 0.5) is 0 Å². The normalized spacial score (nSPS) is 21.4. The highest BCUT2D eigenvalue weighted by molar-refractivity contribution is 14.1. The first kappa shape index (κ1) is 22.9. The molecule has 1 rings (SSSR count). The molecule has 0 aromatic heterocycles. The van der Waals surface area contributed by atoms with Gasteiger partial charge in [-0.25, -0.2) is 0 Å². The first-order chi connectivity index (χ1) is 11.7. The number of carbonyl (C=O) groups is 1. The second-order valence-electron chi connectivity index (χ2n) is 5.49. The van der Waals surface area contributed by atoms with Gasteiger partial charge in [0.2, 0.25) is 5.91 Å². The fourth-order valence-corrected chi connectivity index (χ4v) is 4.42. The molecule has 0 spiro atoms. The first-order valence-electron chi connectivity index (χ1n) is 7.63. The van der Waals surface area contributed by atoms with Gasteiger partial charge in [-0.3, -0.25) is 14.8 Å². The second kappa shape index (κ2) is 11.5. The zero-order valence-electron chi connectivity index (χ0n) is 13.9. The Kier molecular flexibility index (Phi) is 10.5. The molecule has 0 fully saturated rings. The molecular formula is C16H22I3N5O. The van der Waals surface area contributed by atoms with Crippen molar-refractivity contribution in [3.05, 3.63) is 31.5 Å². The Bertz CT molecular complexity index is 640. The molecule has 0 bridgehead atoms. The van der Waals surface area contributed by atoms with Crippen LogP contribution in [0.25, 0.3) is 0 Å². The number of amidine groups is 2. The van der Waals surface area contributed by atoms with Gasteiger partial charge in [0.15, 0.2) is 0 Å². The summed E-state index contributed by atoms with van der Waals surface area (Å²) < 4.78 is 2.68. The summed E-state index contributed by atoms with van der Waals surface area (Å²) in [5.41, 5.74) is 12.4. The van der Waals surface area contributed by atoms with E-state index in [1.165, 1.54) is 3.58 Å². The van der Waals surface area contributed by atoms with Crippen LogP contribution in [-0.4, -0.2) is 40.6 Å². The van der Waals surface area contributed by atoms with E-state index in [0.717, 1.165) is 9.15 Å². The van der Waals surface area contributed by atoms with E-state index >= 15 is 0 Å². The lowest BCUT2D eigenvalue weighted by Crippen LogP contribution is -2.29. The van der Waals surface area contributed by atoms with Crippen LogP contribution in [0.15, 0.2) is 41.4 Å². The van der Waals surface area contributed by atoms with Crippen LogP contribution in [0, 0.1) is 0 Å². The Balaban J connectivity index is 2.39. The predicted molar refractivity (Wildman–Crippen MR) is 131 cm³/mol. The SMILES string of the molecule is C=C(C)C(N)=NCCNC(=O)CCC(N)=NC1C=C(I)C=C(I)C1I. The van der Waals surface area contributed by atoms with Crippen LogP contribution >= 0.6 is 67.8 Å². The van der Waals surface area contributed by atoms with Crippen LogP contribution in [0.3, 0.4) is 0 Å². The summed E-state index contributed by atoms with van der Waals surface area (Å²) in [5.74, 6) is 0.840. The van der Waals surface area contributed by atoms with Crippen molar-refractivity contribution < 1.29 is 4.79 Å². The van der Waals surface area contributed by atoms with E-state index in [0.29, 0.717) is 37.6 Å². The molecule has 1 amide bonds. The summed E-state index contributed by atoms with van der Waals surface area (Å²) in [5, 5.41) is 2.79. The van der Waals surface area contributed by atoms with E-state index in [2.05, 4.69) is 102 Å². The molecule has 0 radical (unpaired) electrons. The Morgan fingerprint density at radius 2 is 2.04 bits per heavy atom. The largest absolute Gasteiger partial charge is 0.387 e. The summed E-state index contributed by atoms with van der Waals surface area (Å²) in [6.45, 7) is 6.36. The molecule has 1 aliphatic carbocycles.